The molecule has 3 nitrogen and oxygen atoms in total. The van der Waals surface area contributed by atoms with Gasteiger partial charge in [-0.1, -0.05) is 25.7 Å². The molecule has 0 spiro atoms. The standard InChI is InChI=1S/C16H25N3/c1-17-14-9-5-6-10-15-13(14)11-18-16(19-15)12-7-3-2-4-8-12/h11-12,14,17H,2-10H2,1H3. The summed E-state index contributed by atoms with van der Waals surface area (Å²) in [4.78, 5) is 9.65. The van der Waals surface area contributed by atoms with Crippen molar-refractivity contribution in [1.82, 2.24) is 15.3 Å². The van der Waals surface area contributed by atoms with Gasteiger partial charge in [0.25, 0.3) is 0 Å². The second kappa shape index (κ2) is 6.00. The third-order valence-corrected chi connectivity index (χ3v) is 4.77. The Bertz CT molecular complexity index is 424. The zero-order valence-electron chi connectivity index (χ0n) is 12.0. The molecule has 1 aromatic heterocycles. The Morgan fingerprint density at radius 3 is 2.63 bits per heavy atom. The van der Waals surface area contributed by atoms with Crippen LogP contribution in [0.1, 0.15) is 80.4 Å². The van der Waals surface area contributed by atoms with Gasteiger partial charge in [0, 0.05) is 29.4 Å². The number of fused-ring (bicyclic) bond motifs is 1. The van der Waals surface area contributed by atoms with Crippen molar-refractivity contribution in [3.8, 4) is 0 Å². The van der Waals surface area contributed by atoms with Gasteiger partial charge in [-0.3, -0.25) is 0 Å². The van der Waals surface area contributed by atoms with E-state index in [0.717, 1.165) is 12.2 Å². The third-order valence-electron chi connectivity index (χ3n) is 4.77. The average Bonchev–Trinajstić information content (AvgIpc) is 2.69. The molecule has 1 N–H and O–H groups in total. The Balaban J connectivity index is 1.87. The lowest BCUT2D eigenvalue weighted by molar-refractivity contribution is 0.426. The van der Waals surface area contributed by atoms with E-state index in [0.29, 0.717) is 12.0 Å². The molecule has 0 amide bonds. The minimum atomic E-state index is 0.456. The largest absolute Gasteiger partial charge is 0.313 e. The van der Waals surface area contributed by atoms with Crippen LogP contribution in [0.2, 0.25) is 0 Å². The number of nitrogens with one attached hydrogen (secondary N) is 1. The maximum atomic E-state index is 4.94. The maximum absolute atomic E-state index is 4.94. The highest BCUT2D eigenvalue weighted by atomic mass is 14.9. The molecule has 1 fully saturated rings. The van der Waals surface area contributed by atoms with E-state index in [9.17, 15) is 0 Å². The van der Waals surface area contributed by atoms with Gasteiger partial charge in [0.2, 0.25) is 0 Å². The van der Waals surface area contributed by atoms with Crippen LogP contribution in [-0.2, 0) is 6.42 Å². The minimum Gasteiger partial charge on any atom is -0.313 e. The average molecular weight is 259 g/mol. The van der Waals surface area contributed by atoms with E-state index in [-0.39, 0.29) is 0 Å². The molecular weight excluding hydrogens is 234 g/mol. The Morgan fingerprint density at radius 1 is 1.05 bits per heavy atom. The quantitative estimate of drug-likeness (QED) is 0.826. The van der Waals surface area contributed by atoms with Gasteiger partial charge in [0.15, 0.2) is 0 Å². The van der Waals surface area contributed by atoms with Gasteiger partial charge in [-0.05, 0) is 39.2 Å². The number of hydrogen-bond acceptors (Lipinski definition) is 3. The predicted octanol–water partition coefficient (Wildman–Crippen LogP) is 3.51. The molecule has 0 aromatic carbocycles. The molecule has 3 heteroatoms. The maximum Gasteiger partial charge on any atom is 0.131 e. The number of aromatic nitrogens is 2. The van der Waals surface area contributed by atoms with Crippen LogP contribution in [0.4, 0.5) is 0 Å². The van der Waals surface area contributed by atoms with E-state index in [1.165, 1.54) is 62.6 Å². The molecule has 1 heterocycles. The lowest BCUT2D eigenvalue weighted by atomic mass is 9.88. The zero-order chi connectivity index (χ0) is 13.1. The fourth-order valence-electron chi connectivity index (χ4n) is 3.59. The molecule has 1 aromatic rings. The van der Waals surface area contributed by atoms with Crippen molar-refractivity contribution in [2.45, 2.75) is 69.7 Å². The highest BCUT2D eigenvalue weighted by molar-refractivity contribution is 5.24. The van der Waals surface area contributed by atoms with Crippen LogP contribution in [0.15, 0.2) is 6.20 Å². The first kappa shape index (κ1) is 13.0. The molecule has 19 heavy (non-hydrogen) atoms. The fourth-order valence-corrected chi connectivity index (χ4v) is 3.59. The summed E-state index contributed by atoms with van der Waals surface area (Å²) in [7, 11) is 2.05. The number of aryl methyl sites for hydroxylation is 1. The van der Waals surface area contributed by atoms with Crippen LogP contribution < -0.4 is 5.32 Å². The lowest BCUT2D eigenvalue weighted by Crippen LogP contribution is -2.19. The number of hydrogen-bond donors (Lipinski definition) is 1. The van der Waals surface area contributed by atoms with Crippen molar-refractivity contribution in [3.05, 3.63) is 23.3 Å². The van der Waals surface area contributed by atoms with Gasteiger partial charge in [-0.25, -0.2) is 9.97 Å². The van der Waals surface area contributed by atoms with Crippen LogP contribution >= 0.6 is 0 Å². The van der Waals surface area contributed by atoms with E-state index in [2.05, 4.69) is 18.6 Å². The number of rotatable bonds is 2. The van der Waals surface area contributed by atoms with E-state index >= 15 is 0 Å². The van der Waals surface area contributed by atoms with Crippen LogP contribution in [0.25, 0.3) is 0 Å². The summed E-state index contributed by atoms with van der Waals surface area (Å²) < 4.78 is 0. The van der Waals surface area contributed by atoms with Gasteiger partial charge in [-0.2, -0.15) is 0 Å². The summed E-state index contributed by atoms with van der Waals surface area (Å²) in [6.07, 6.45) is 13.7. The first-order valence-corrected chi connectivity index (χ1v) is 7.91. The Morgan fingerprint density at radius 2 is 1.84 bits per heavy atom. The molecule has 1 unspecified atom stereocenters. The second-order valence-corrected chi connectivity index (χ2v) is 6.05. The summed E-state index contributed by atoms with van der Waals surface area (Å²) in [5.41, 5.74) is 2.66. The van der Waals surface area contributed by atoms with Gasteiger partial charge in [0.05, 0.1) is 0 Å². The molecule has 2 aliphatic carbocycles. The topological polar surface area (TPSA) is 37.8 Å². The summed E-state index contributed by atoms with van der Waals surface area (Å²) in [5, 5.41) is 3.42. The van der Waals surface area contributed by atoms with Crippen LogP contribution in [0, 0.1) is 0 Å². The molecule has 104 valence electrons. The molecular formula is C16H25N3. The monoisotopic (exact) mass is 259 g/mol. The molecule has 0 saturated heterocycles. The summed E-state index contributed by atoms with van der Waals surface area (Å²) in [6.45, 7) is 0. The molecule has 0 bridgehead atoms. The predicted molar refractivity (Wildman–Crippen MR) is 77.2 cm³/mol. The summed E-state index contributed by atoms with van der Waals surface area (Å²) >= 11 is 0. The SMILES string of the molecule is CNC1CCCCc2nc(C3CCCCC3)ncc21. The van der Waals surface area contributed by atoms with E-state index in [1.807, 2.05) is 0 Å². The van der Waals surface area contributed by atoms with Crippen molar-refractivity contribution in [2.24, 2.45) is 0 Å². The molecule has 2 aliphatic rings. The van der Waals surface area contributed by atoms with Gasteiger partial charge in [0.1, 0.15) is 5.82 Å². The normalized spacial score (nSPS) is 24.8. The molecule has 1 atom stereocenters. The van der Waals surface area contributed by atoms with Gasteiger partial charge >= 0.3 is 0 Å². The zero-order valence-corrected chi connectivity index (χ0v) is 12.0. The Hall–Kier alpha value is -0.960. The fraction of sp³-hybridized carbons (Fsp3) is 0.750. The highest BCUT2D eigenvalue weighted by Gasteiger charge is 2.23. The second-order valence-electron chi connectivity index (χ2n) is 6.05. The number of nitrogens with zero attached hydrogens (tertiary/aromatic N) is 2. The smallest absolute Gasteiger partial charge is 0.131 e. The van der Waals surface area contributed by atoms with E-state index in [4.69, 9.17) is 9.97 Å². The van der Waals surface area contributed by atoms with Crippen molar-refractivity contribution < 1.29 is 0 Å². The van der Waals surface area contributed by atoms with Crippen molar-refractivity contribution >= 4 is 0 Å². The van der Waals surface area contributed by atoms with Gasteiger partial charge < -0.3 is 5.32 Å². The summed E-state index contributed by atoms with van der Waals surface area (Å²) in [6, 6.07) is 0.456. The Labute approximate surface area is 116 Å². The van der Waals surface area contributed by atoms with Crippen molar-refractivity contribution in [2.75, 3.05) is 7.05 Å². The summed E-state index contributed by atoms with van der Waals surface area (Å²) in [5.74, 6) is 1.74. The molecule has 0 aliphatic heterocycles. The van der Waals surface area contributed by atoms with Crippen LogP contribution in [0.3, 0.4) is 0 Å². The van der Waals surface area contributed by atoms with Crippen molar-refractivity contribution in [3.63, 3.8) is 0 Å². The molecule has 3 rings (SSSR count). The van der Waals surface area contributed by atoms with Gasteiger partial charge in [-0.15, -0.1) is 0 Å². The van der Waals surface area contributed by atoms with Crippen LogP contribution in [-0.4, -0.2) is 17.0 Å². The first-order valence-electron chi connectivity index (χ1n) is 7.91. The van der Waals surface area contributed by atoms with Crippen LogP contribution in [0.5, 0.6) is 0 Å². The minimum absolute atomic E-state index is 0.456. The Kier molecular flexibility index (Phi) is 4.12. The first-order chi connectivity index (χ1) is 9.38. The molecule has 1 saturated carbocycles. The molecule has 0 radical (unpaired) electrons. The van der Waals surface area contributed by atoms with E-state index in [1.54, 1.807) is 0 Å². The van der Waals surface area contributed by atoms with E-state index < -0.39 is 0 Å². The van der Waals surface area contributed by atoms with Crippen molar-refractivity contribution in [1.29, 1.82) is 0 Å². The lowest BCUT2D eigenvalue weighted by Gasteiger charge is -2.22. The highest BCUT2D eigenvalue weighted by Crippen LogP contribution is 2.33. The third kappa shape index (κ3) is 2.81.